The van der Waals surface area contributed by atoms with Crippen molar-refractivity contribution in [2.45, 2.75) is 35.8 Å². The summed E-state index contributed by atoms with van der Waals surface area (Å²) in [6.07, 6.45) is 1.09. The summed E-state index contributed by atoms with van der Waals surface area (Å²) in [5.74, 6) is -0.814. The average molecular weight is 247 g/mol. The van der Waals surface area contributed by atoms with E-state index in [4.69, 9.17) is 5.73 Å². The van der Waals surface area contributed by atoms with Gasteiger partial charge >= 0.3 is 5.97 Å². The Morgan fingerprint density at radius 1 is 1.53 bits per heavy atom. The number of aliphatic carboxylic acids is 1. The van der Waals surface area contributed by atoms with Gasteiger partial charge in [0.2, 0.25) is 5.13 Å². The molecule has 5 nitrogen and oxygen atoms in total. The molecule has 0 saturated carbocycles. The number of thioether (sulfide) groups is 1. The van der Waals surface area contributed by atoms with Crippen LogP contribution in [0.2, 0.25) is 0 Å². The molecule has 7 heteroatoms. The molecule has 0 aliphatic heterocycles. The van der Waals surface area contributed by atoms with Crippen LogP contribution in [0.3, 0.4) is 0 Å². The molecule has 84 valence electrons. The van der Waals surface area contributed by atoms with Crippen molar-refractivity contribution in [3.63, 3.8) is 0 Å². The van der Waals surface area contributed by atoms with Crippen molar-refractivity contribution in [2.24, 2.45) is 0 Å². The Labute approximate surface area is 96.1 Å². The van der Waals surface area contributed by atoms with Crippen molar-refractivity contribution in [3.8, 4) is 0 Å². The molecule has 3 N–H and O–H groups in total. The fraction of sp³-hybridized carbons (Fsp3) is 0.625. The molecule has 1 aromatic rings. The van der Waals surface area contributed by atoms with E-state index in [1.807, 2.05) is 13.8 Å². The van der Waals surface area contributed by atoms with Gasteiger partial charge in [0.25, 0.3) is 0 Å². The van der Waals surface area contributed by atoms with E-state index in [2.05, 4.69) is 10.2 Å². The number of nitrogens with two attached hydrogens (primary N) is 1. The Balaban J connectivity index is 2.88. The van der Waals surface area contributed by atoms with E-state index in [1.165, 1.54) is 23.1 Å². The van der Waals surface area contributed by atoms with Crippen LogP contribution in [0.1, 0.15) is 26.7 Å². The van der Waals surface area contributed by atoms with Gasteiger partial charge < -0.3 is 10.8 Å². The first-order chi connectivity index (χ1) is 7.04. The Morgan fingerprint density at radius 2 is 2.13 bits per heavy atom. The molecule has 0 saturated heterocycles. The van der Waals surface area contributed by atoms with Gasteiger partial charge in [0.1, 0.15) is 4.75 Å². The van der Waals surface area contributed by atoms with Crippen LogP contribution < -0.4 is 5.73 Å². The first-order valence-corrected chi connectivity index (χ1v) is 6.18. The van der Waals surface area contributed by atoms with Crippen LogP contribution in [-0.2, 0) is 4.79 Å². The predicted molar refractivity (Wildman–Crippen MR) is 61.1 cm³/mol. The predicted octanol–water partition coefficient (Wildman–Crippen LogP) is 1.86. The quantitative estimate of drug-likeness (QED) is 0.772. The second-order valence-electron chi connectivity index (χ2n) is 3.01. The molecule has 0 bridgehead atoms. The fourth-order valence-electron chi connectivity index (χ4n) is 1.17. The summed E-state index contributed by atoms with van der Waals surface area (Å²) >= 11 is 2.45. The normalized spacial score (nSPS) is 11.6. The van der Waals surface area contributed by atoms with E-state index >= 15 is 0 Å². The van der Waals surface area contributed by atoms with Crippen molar-refractivity contribution >= 4 is 34.2 Å². The van der Waals surface area contributed by atoms with Crippen molar-refractivity contribution in [1.29, 1.82) is 0 Å². The second kappa shape index (κ2) is 4.80. The minimum Gasteiger partial charge on any atom is -0.480 e. The minimum atomic E-state index is -0.814. The van der Waals surface area contributed by atoms with Gasteiger partial charge in [-0.05, 0) is 12.8 Å². The lowest BCUT2D eigenvalue weighted by molar-refractivity contribution is -0.140. The van der Waals surface area contributed by atoms with Crippen molar-refractivity contribution in [1.82, 2.24) is 10.2 Å². The third-order valence-corrected chi connectivity index (χ3v) is 4.68. The number of rotatable bonds is 5. The highest BCUT2D eigenvalue weighted by atomic mass is 32.2. The number of aromatic nitrogens is 2. The molecule has 0 aliphatic carbocycles. The maximum atomic E-state index is 11.2. The highest BCUT2D eigenvalue weighted by molar-refractivity contribution is 8.03. The minimum absolute atomic E-state index is 0.365. The molecular formula is C8H13N3O2S2. The lowest BCUT2D eigenvalue weighted by atomic mass is 10.0. The summed E-state index contributed by atoms with van der Waals surface area (Å²) in [4.78, 5) is 11.2. The van der Waals surface area contributed by atoms with Gasteiger partial charge in [-0.2, -0.15) is 0 Å². The molecule has 0 aromatic carbocycles. The van der Waals surface area contributed by atoms with E-state index in [0.717, 1.165) is 0 Å². The van der Waals surface area contributed by atoms with Crippen LogP contribution in [0.5, 0.6) is 0 Å². The molecule has 1 rings (SSSR count). The van der Waals surface area contributed by atoms with E-state index in [0.29, 0.717) is 22.3 Å². The summed E-state index contributed by atoms with van der Waals surface area (Å²) in [5, 5.41) is 17.0. The zero-order chi connectivity index (χ0) is 11.5. The van der Waals surface area contributed by atoms with Crippen molar-refractivity contribution in [3.05, 3.63) is 0 Å². The Hall–Kier alpha value is -0.820. The molecule has 0 aliphatic rings. The topological polar surface area (TPSA) is 89.1 Å². The number of carboxylic acid groups (broad SMARTS) is 1. The van der Waals surface area contributed by atoms with Gasteiger partial charge in [-0.25, -0.2) is 0 Å². The van der Waals surface area contributed by atoms with Crippen LogP contribution in [0.4, 0.5) is 5.13 Å². The van der Waals surface area contributed by atoms with E-state index < -0.39 is 10.7 Å². The van der Waals surface area contributed by atoms with E-state index in [1.54, 1.807) is 0 Å². The van der Waals surface area contributed by atoms with Crippen molar-refractivity contribution in [2.75, 3.05) is 5.73 Å². The molecule has 0 amide bonds. The lowest BCUT2D eigenvalue weighted by Crippen LogP contribution is -2.33. The van der Waals surface area contributed by atoms with Crippen LogP contribution in [-0.4, -0.2) is 26.0 Å². The molecule has 0 unspecified atom stereocenters. The number of anilines is 1. The third kappa shape index (κ3) is 2.60. The number of hydrogen-bond acceptors (Lipinski definition) is 6. The third-order valence-electron chi connectivity index (χ3n) is 2.24. The Kier molecular flexibility index (Phi) is 3.92. The summed E-state index contributed by atoms with van der Waals surface area (Å²) in [7, 11) is 0. The van der Waals surface area contributed by atoms with Gasteiger partial charge in [-0.15, -0.1) is 10.2 Å². The van der Waals surface area contributed by atoms with E-state index in [9.17, 15) is 9.90 Å². The molecule has 0 spiro atoms. The van der Waals surface area contributed by atoms with Gasteiger partial charge in [-0.1, -0.05) is 36.9 Å². The first-order valence-electron chi connectivity index (χ1n) is 4.55. The molecular weight excluding hydrogens is 234 g/mol. The summed E-state index contributed by atoms with van der Waals surface area (Å²) in [6.45, 7) is 3.71. The molecule has 1 heterocycles. The second-order valence-corrected chi connectivity index (χ2v) is 5.65. The maximum Gasteiger partial charge on any atom is 0.320 e. The number of carboxylic acids is 1. The highest BCUT2D eigenvalue weighted by Crippen LogP contribution is 2.40. The Morgan fingerprint density at radius 3 is 2.47 bits per heavy atom. The largest absolute Gasteiger partial charge is 0.480 e. The summed E-state index contributed by atoms with van der Waals surface area (Å²) in [6, 6.07) is 0. The smallest absolute Gasteiger partial charge is 0.320 e. The number of carbonyl (C=O) groups is 1. The fourth-order valence-corrected chi connectivity index (χ4v) is 3.20. The zero-order valence-corrected chi connectivity index (χ0v) is 10.2. The van der Waals surface area contributed by atoms with Gasteiger partial charge in [-0.3, -0.25) is 4.79 Å². The van der Waals surface area contributed by atoms with E-state index in [-0.39, 0.29) is 0 Å². The molecule has 0 fully saturated rings. The first kappa shape index (κ1) is 12.3. The Bertz CT molecular complexity index is 349. The average Bonchev–Trinajstić information content (AvgIpc) is 2.60. The van der Waals surface area contributed by atoms with Crippen LogP contribution >= 0.6 is 23.1 Å². The standard InChI is InChI=1S/C8H13N3O2S2/c1-3-8(4-2,5(12)13)15-7-11-10-6(9)14-7/h3-4H2,1-2H3,(H2,9,10)(H,12,13). The van der Waals surface area contributed by atoms with Crippen LogP contribution in [0, 0.1) is 0 Å². The van der Waals surface area contributed by atoms with Gasteiger partial charge in [0.15, 0.2) is 4.34 Å². The molecule has 15 heavy (non-hydrogen) atoms. The number of nitrogen functional groups attached to an aromatic ring is 1. The SMILES string of the molecule is CCC(CC)(Sc1nnc(N)s1)C(=O)O. The van der Waals surface area contributed by atoms with Crippen LogP contribution in [0.25, 0.3) is 0 Å². The maximum absolute atomic E-state index is 11.2. The van der Waals surface area contributed by atoms with Gasteiger partial charge in [0.05, 0.1) is 0 Å². The van der Waals surface area contributed by atoms with Gasteiger partial charge in [0, 0.05) is 0 Å². The number of nitrogens with zero attached hydrogens (tertiary/aromatic N) is 2. The zero-order valence-electron chi connectivity index (χ0n) is 8.56. The monoisotopic (exact) mass is 247 g/mol. The molecule has 0 atom stereocenters. The molecule has 0 radical (unpaired) electrons. The molecule has 1 aromatic heterocycles. The van der Waals surface area contributed by atoms with Crippen molar-refractivity contribution < 1.29 is 9.90 Å². The number of hydrogen-bond donors (Lipinski definition) is 2. The lowest BCUT2D eigenvalue weighted by Gasteiger charge is -2.24. The highest BCUT2D eigenvalue weighted by Gasteiger charge is 2.37. The summed E-state index contributed by atoms with van der Waals surface area (Å²) in [5.41, 5.74) is 5.44. The summed E-state index contributed by atoms with van der Waals surface area (Å²) < 4.78 is -0.204. The van der Waals surface area contributed by atoms with Crippen LogP contribution in [0.15, 0.2) is 4.34 Å².